The van der Waals surface area contributed by atoms with Gasteiger partial charge in [0.15, 0.2) is 0 Å². The maximum atomic E-state index is 12.7. The minimum Gasteiger partial charge on any atom is -0.351 e. The summed E-state index contributed by atoms with van der Waals surface area (Å²) in [6.07, 6.45) is 3.07. The van der Waals surface area contributed by atoms with Crippen molar-refractivity contribution >= 4 is 21.8 Å². The van der Waals surface area contributed by atoms with Crippen LogP contribution in [0.15, 0.2) is 28.7 Å². The molecule has 2 N–H and O–H groups in total. The van der Waals surface area contributed by atoms with E-state index in [0.717, 1.165) is 42.4 Å². The Morgan fingerprint density at radius 1 is 1.35 bits per heavy atom. The Kier molecular flexibility index (Phi) is 3.87. The third-order valence-corrected chi connectivity index (χ3v) is 5.25. The van der Waals surface area contributed by atoms with Gasteiger partial charge in [0, 0.05) is 17.1 Å². The number of benzene rings is 1. The summed E-state index contributed by atoms with van der Waals surface area (Å²) in [5, 5.41) is 6.64. The van der Waals surface area contributed by atoms with Gasteiger partial charge in [-0.3, -0.25) is 4.79 Å². The topological polar surface area (TPSA) is 41.1 Å². The molecule has 4 heteroatoms. The van der Waals surface area contributed by atoms with Gasteiger partial charge in [0.05, 0.1) is 5.41 Å². The summed E-state index contributed by atoms with van der Waals surface area (Å²) in [6.45, 7) is 4.18. The van der Waals surface area contributed by atoms with Gasteiger partial charge in [-0.25, -0.2) is 0 Å². The van der Waals surface area contributed by atoms with Crippen LogP contribution in [0.25, 0.3) is 0 Å². The third-order valence-electron chi connectivity index (χ3n) is 4.73. The summed E-state index contributed by atoms with van der Waals surface area (Å²) >= 11 is 3.45. The van der Waals surface area contributed by atoms with Crippen LogP contribution in [-0.4, -0.2) is 25.0 Å². The number of carbonyl (C=O) groups excluding carboxylic acids is 1. The molecule has 1 heterocycles. The van der Waals surface area contributed by atoms with Gasteiger partial charge in [-0.05, 0) is 49.4 Å². The molecule has 3 rings (SSSR count). The molecular formula is C16H21BrN2O. The summed E-state index contributed by atoms with van der Waals surface area (Å²) < 4.78 is 1.06. The van der Waals surface area contributed by atoms with Gasteiger partial charge in [-0.2, -0.15) is 0 Å². The first-order chi connectivity index (χ1) is 9.62. The Hall–Kier alpha value is -0.870. The van der Waals surface area contributed by atoms with Gasteiger partial charge in [-0.15, -0.1) is 0 Å². The van der Waals surface area contributed by atoms with Gasteiger partial charge in [0.1, 0.15) is 0 Å². The maximum Gasteiger partial charge on any atom is 0.230 e. The Bertz CT molecular complexity index is 496. The molecule has 1 aromatic carbocycles. The average molecular weight is 337 g/mol. The Balaban J connectivity index is 1.71. The molecule has 3 nitrogen and oxygen atoms in total. The molecule has 1 aliphatic heterocycles. The second-order valence-corrected chi connectivity index (χ2v) is 7.05. The van der Waals surface area contributed by atoms with Crippen molar-refractivity contribution in [2.45, 2.75) is 37.6 Å². The normalized spacial score (nSPS) is 27.9. The summed E-state index contributed by atoms with van der Waals surface area (Å²) in [7, 11) is 0. The molecule has 2 fully saturated rings. The molecule has 1 amide bonds. The maximum absolute atomic E-state index is 12.7. The SMILES string of the molecule is CC1CCNCC1NC(=O)C1(c2ccc(Br)cc2)CC1. The van der Waals surface area contributed by atoms with Crippen LogP contribution >= 0.6 is 15.9 Å². The van der Waals surface area contributed by atoms with E-state index in [0.29, 0.717) is 5.92 Å². The van der Waals surface area contributed by atoms with E-state index in [-0.39, 0.29) is 17.4 Å². The lowest BCUT2D eigenvalue weighted by atomic mass is 9.91. The first-order valence-electron chi connectivity index (χ1n) is 7.39. The molecule has 2 aliphatic rings. The van der Waals surface area contributed by atoms with Crippen molar-refractivity contribution in [1.82, 2.24) is 10.6 Å². The van der Waals surface area contributed by atoms with Crippen LogP contribution in [0.4, 0.5) is 0 Å². The van der Waals surface area contributed by atoms with Crippen LogP contribution in [0.1, 0.15) is 31.7 Å². The van der Waals surface area contributed by atoms with Crippen LogP contribution in [0, 0.1) is 5.92 Å². The lowest BCUT2D eigenvalue weighted by Gasteiger charge is -2.31. The fraction of sp³-hybridized carbons (Fsp3) is 0.562. The van der Waals surface area contributed by atoms with Crippen molar-refractivity contribution in [2.75, 3.05) is 13.1 Å². The van der Waals surface area contributed by atoms with Crippen molar-refractivity contribution in [3.63, 3.8) is 0 Å². The van der Waals surface area contributed by atoms with Gasteiger partial charge in [0.25, 0.3) is 0 Å². The fourth-order valence-corrected chi connectivity index (χ4v) is 3.29. The van der Waals surface area contributed by atoms with Crippen LogP contribution in [0.3, 0.4) is 0 Å². The smallest absolute Gasteiger partial charge is 0.230 e. The minimum absolute atomic E-state index is 0.209. The van der Waals surface area contributed by atoms with E-state index in [2.05, 4.69) is 45.6 Å². The van der Waals surface area contributed by atoms with Crippen molar-refractivity contribution in [3.05, 3.63) is 34.3 Å². The van der Waals surface area contributed by atoms with E-state index in [1.807, 2.05) is 12.1 Å². The number of rotatable bonds is 3. The van der Waals surface area contributed by atoms with Crippen LogP contribution < -0.4 is 10.6 Å². The Morgan fingerprint density at radius 3 is 2.65 bits per heavy atom. The number of nitrogens with one attached hydrogen (secondary N) is 2. The number of amides is 1. The highest BCUT2D eigenvalue weighted by molar-refractivity contribution is 9.10. The van der Waals surface area contributed by atoms with Crippen molar-refractivity contribution in [3.8, 4) is 0 Å². The Morgan fingerprint density at radius 2 is 2.05 bits per heavy atom. The number of piperidine rings is 1. The molecule has 1 saturated carbocycles. The minimum atomic E-state index is -0.266. The third kappa shape index (κ3) is 2.63. The van der Waals surface area contributed by atoms with E-state index in [9.17, 15) is 4.79 Å². The van der Waals surface area contributed by atoms with Crippen LogP contribution in [0.5, 0.6) is 0 Å². The van der Waals surface area contributed by atoms with Gasteiger partial charge < -0.3 is 10.6 Å². The monoisotopic (exact) mass is 336 g/mol. The van der Waals surface area contributed by atoms with Crippen molar-refractivity contribution in [2.24, 2.45) is 5.92 Å². The van der Waals surface area contributed by atoms with Crippen LogP contribution in [-0.2, 0) is 10.2 Å². The molecule has 2 unspecified atom stereocenters. The predicted octanol–water partition coefficient (Wildman–Crippen LogP) is 2.59. The first-order valence-corrected chi connectivity index (χ1v) is 8.19. The number of hydrogen-bond donors (Lipinski definition) is 2. The van der Waals surface area contributed by atoms with Gasteiger partial charge in [-0.1, -0.05) is 35.0 Å². The zero-order chi connectivity index (χ0) is 14.2. The average Bonchev–Trinajstić information content (AvgIpc) is 3.24. The molecule has 1 saturated heterocycles. The lowest BCUT2D eigenvalue weighted by Crippen LogP contribution is -2.52. The second-order valence-electron chi connectivity index (χ2n) is 6.14. The molecule has 0 aromatic heterocycles. The van der Waals surface area contributed by atoms with E-state index < -0.39 is 0 Å². The zero-order valence-electron chi connectivity index (χ0n) is 11.8. The highest BCUT2D eigenvalue weighted by atomic mass is 79.9. The largest absolute Gasteiger partial charge is 0.351 e. The van der Waals surface area contributed by atoms with E-state index in [1.54, 1.807) is 0 Å². The Labute approximate surface area is 128 Å². The van der Waals surface area contributed by atoms with E-state index in [4.69, 9.17) is 0 Å². The molecule has 0 radical (unpaired) electrons. The van der Waals surface area contributed by atoms with Crippen molar-refractivity contribution in [1.29, 1.82) is 0 Å². The highest BCUT2D eigenvalue weighted by Crippen LogP contribution is 2.48. The summed E-state index contributed by atoms with van der Waals surface area (Å²) in [6, 6.07) is 8.45. The second kappa shape index (κ2) is 5.49. The van der Waals surface area contributed by atoms with E-state index >= 15 is 0 Å². The highest BCUT2D eigenvalue weighted by Gasteiger charge is 2.51. The zero-order valence-corrected chi connectivity index (χ0v) is 13.4. The lowest BCUT2D eigenvalue weighted by molar-refractivity contribution is -0.124. The molecule has 0 bridgehead atoms. The van der Waals surface area contributed by atoms with Crippen LogP contribution in [0.2, 0.25) is 0 Å². The standard InChI is InChI=1S/C16H21BrN2O/c1-11-6-9-18-10-14(11)19-15(20)16(7-8-16)12-2-4-13(17)5-3-12/h2-5,11,14,18H,6-10H2,1H3,(H,19,20). The quantitative estimate of drug-likeness (QED) is 0.890. The summed E-state index contributed by atoms with van der Waals surface area (Å²) in [4.78, 5) is 12.7. The van der Waals surface area contributed by atoms with Gasteiger partial charge >= 0.3 is 0 Å². The van der Waals surface area contributed by atoms with Gasteiger partial charge in [0.2, 0.25) is 5.91 Å². The molecule has 108 valence electrons. The first kappa shape index (κ1) is 14.1. The van der Waals surface area contributed by atoms with Crippen molar-refractivity contribution < 1.29 is 4.79 Å². The predicted molar refractivity (Wildman–Crippen MR) is 83.6 cm³/mol. The summed E-state index contributed by atoms with van der Waals surface area (Å²) in [5.74, 6) is 0.765. The summed E-state index contributed by atoms with van der Waals surface area (Å²) in [5.41, 5.74) is 0.882. The number of carbonyl (C=O) groups is 1. The molecule has 0 spiro atoms. The molecule has 2 atom stereocenters. The molecule has 1 aliphatic carbocycles. The molecule has 1 aromatic rings. The fourth-order valence-electron chi connectivity index (χ4n) is 3.03. The molecular weight excluding hydrogens is 316 g/mol. The molecule has 20 heavy (non-hydrogen) atoms. The van der Waals surface area contributed by atoms with E-state index in [1.165, 1.54) is 0 Å². The number of hydrogen-bond acceptors (Lipinski definition) is 2. The number of halogens is 1.